The summed E-state index contributed by atoms with van der Waals surface area (Å²) in [7, 11) is 0. The average molecular weight is 264 g/mol. The molecule has 3 aliphatic rings. The third-order valence-corrected chi connectivity index (χ3v) is 5.97. The lowest BCUT2D eigenvalue weighted by molar-refractivity contribution is 0.152. The van der Waals surface area contributed by atoms with Crippen LogP contribution in [0.5, 0.6) is 0 Å². The second-order valence-corrected chi connectivity index (χ2v) is 7.43. The fourth-order valence-corrected chi connectivity index (χ4v) is 4.74. The molecule has 1 aliphatic carbocycles. The van der Waals surface area contributed by atoms with Gasteiger partial charge < -0.3 is 10.2 Å². The Bertz CT molecular complexity index is 264. The highest BCUT2D eigenvalue weighted by atomic mass is 15.1. The van der Waals surface area contributed by atoms with Crippen LogP contribution in [0.25, 0.3) is 0 Å². The van der Waals surface area contributed by atoms with Crippen molar-refractivity contribution in [3.8, 4) is 0 Å². The minimum absolute atomic E-state index is 0.762. The van der Waals surface area contributed by atoms with Crippen molar-refractivity contribution in [1.82, 2.24) is 10.2 Å². The van der Waals surface area contributed by atoms with Gasteiger partial charge in [-0.3, -0.25) is 0 Å². The molecule has 1 atom stereocenters. The molecule has 2 saturated heterocycles. The van der Waals surface area contributed by atoms with Gasteiger partial charge in [-0.2, -0.15) is 0 Å². The fourth-order valence-electron chi connectivity index (χ4n) is 4.74. The first-order valence-corrected chi connectivity index (χ1v) is 8.79. The molecule has 0 radical (unpaired) electrons. The third-order valence-electron chi connectivity index (χ3n) is 5.97. The summed E-state index contributed by atoms with van der Waals surface area (Å²) < 4.78 is 0. The van der Waals surface area contributed by atoms with Crippen molar-refractivity contribution in [2.45, 2.75) is 64.2 Å². The Morgan fingerprint density at radius 3 is 2.53 bits per heavy atom. The second-order valence-electron chi connectivity index (χ2n) is 7.43. The fraction of sp³-hybridized carbons (Fsp3) is 1.00. The van der Waals surface area contributed by atoms with Crippen LogP contribution in [0.2, 0.25) is 0 Å². The number of nitrogens with one attached hydrogen (secondary N) is 1. The number of hydrogen-bond acceptors (Lipinski definition) is 2. The van der Waals surface area contributed by atoms with E-state index in [9.17, 15) is 0 Å². The van der Waals surface area contributed by atoms with Gasteiger partial charge in [0.25, 0.3) is 0 Å². The first-order valence-electron chi connectivity index (χ1n) is 8.79. The van der Waals surface area contributed by atoms with Crippen LogP contribution in [0.1, 0.15) is 64.2 Å². The zero-order valence-corrected chi connectivity index (χ0v) is 12.6. The summed E-state index contributed by atoms with van der Waals surface area (Å²) in [4.78, 5) is 2.79. The van der Waals surface area contributed by atoms with E-state index < -0.39 is 0 Å². The number of nitrogens with zero attached hydrogens (tertiary/aromatic N) is 1. The van der Waals surface area contributed by atoms with Crippen LogP contribution < -0.4 is 5.32 Å². The SMILES string of the molecule is C1CCC2(CC1)CCCN(CC1CCCNC1)CC2. The normalized spacial score (nSPS) is 33.2. The van der Waals surface area contributed by atoms with Gasteiger partial charge in [-0.1, -0.05) is 19.3 Å². The average Bonchev–Trinajstić information content (AvgIpc) is 2.64. The zero-order valence-electron chi connectivity index (χ0n) is 12.6. The van der Waals surface area contributed by atoms with Crippen LogP contribution in [-0.4, -0.2) is 37.6 Å². The van der Waals surface area contributed by atoms with Crippen molar-refractivity contribution in [3.05, 3.63) is 0 Å². The van der Waals surface area contributed by atoms with Crippen molar-refractivity contribution < 1.29 is 0 Å². The third kappa shape index (κ3) is 3.72. The molecule has 1 unspecified atom stereocenters. The summed E-state index contributed by atoms with van der Waals surface area (Å²) in [5.74, 6) is 0.925. The monoisotopic (exact) mass is 264 g/mol. The number of rotatable bonds is 2. The molecule has 3 rings (SSSR count). The molecular weight excluding hydrogens is 232 g/mol. The van der Waals surface area contributed by atoms with Crippen LogP contribution in [0.3, 0.4) is 0 Å². The van der Waals surface area contributed by atoms with Gasteiger partial charge in [0.1, 0.15) is 0 Å². The Kier molecular flexibility index (Phi) is 4.81. The van der Waals surface area contributed by atoms with Gasteiger partial charge in [-0.25, -0.2) is 0 Å². The first kappa shape index (κ1) is 13.9. The molecule has 0 aromatic rings. The molecule has 3 fully saturated rings. The minimum atomic E-state index is 0.762. The maximum Gasteiger partial charge on any atom is 0.00218 e. The topological polar surface area (TPSA) is 15.3 Å². The van der Waals surface area contributed by atoms with Gasteiger partial charge in [0.05, 0.1) is 0 Å². The highest BCUT2D eigenvalue weighted by Gasteiger charge is 2.34. The highest BCUT2D eigenvalue weighted by Crippen LogP contribution is 2.44. The number of hydrogen-bond donors (Lipinski definition) is 1. The molecule has 1 N–H and O–H groups in total. The predicted molar refractivity (Wildman–Crippen MR) is 81.4 cm³/mol. The molecule has 2 aliphatic heterocycles. The van der Waals surface area contributed by atoms with Crippen molar-refractivity contribution in [1.29, 1.82) is 0 Å². The summed E-state index contributed by atoms with van der Waals surface area (Å²) >= 11 is 0. The zero-order chi connectivity index (χ0) is 13.0. The molecule has 2 heterocycles. The standard InChI is InChI=1S/C17H32N2/c1-2-7-17(8-3-1)9-5-12-19(13-10-17)15-16-6-4-11-18-14-16/h16,18H,1-15H2. The first-order chi connectivity index (χ1) is 9.36. The molecule has 1 spiro atoms. The van der Waals surface area contributed by atoms with E-state index >= 15 is 0 Å². The molecule has 2 nitrogen and oxygen atoms in total. The Morgan fingerprint density at radius 1 is 0.895 bits per heavy atom. The lowest BCUT2D eigenvalue weighted by atomic mass is 9.69. The quantitative estimate of drug-likeness (QED) is 0.822. The molecule has 1 saturated carbocycles. The summed E-state index contributed by atoms with van der Waals surface area (Å²) in [6.07, 6.45) is 14.9. The van der Waals surface area contributed by atoms with E-state index in [1.807, 2.05) is 0 Å². The number of likely N-dealkylation sites (tertiary alicyclic amines) is 1. The van der Waals surface area contributed by atoms with Crippen LogP contribution in [0.4, 0.5) is 0 Å². The van der Waals surface area contributed by atoms with Crippen molar-refractivity contribution in [3.63, 3.8) is 0 Å². The summed E-state index contributed by atoms with van der Waals surface area (Å²) in [5.41, 5.74) is 0.762. The Morgan fingerprint density at radius 2 is 1.74 bits per heavy atom. The van der Waals surface area contributed by atoms with Crippen molar-refractivity contribution in [2.24, 2.45) is 11.3 Å². The van der Waals surface area contributed by atoms with Crippen LogP contribution >= 0.6 is 0 Å². The molecular formula is C17H32N2. The molecule has 0 amide bonds. The summed E-state index contributed by atoms with van der Waals surface area (Å²) in [6, 6.07) is 0. The minimum Gasteiger partial charge on any atom is -0.316 e. The van der Waals surface area contributed by atoms with Gasteiger partial charge >= 0.3 is 0 Å². The van der Waals surface area contributed by atoms with Crippen LogP contribution in [0, 0.1) is 11.3 Å². The van der Waals surface area contributed by atoms with Crippen molar-refractivity contribution >= 4 is 0 Å². The molecule has 0 aromatic heterocycles. The maximum atomic E-state index is 3.57. The van der Waals surface area contributed by atoms with E-state index in [0.717, 1.165) is 11.3 Å². The Balaban J connectivity index is 1.49. The lowest BCUT2D eigenvalue weighted by Crippen LogP contribution is -2.39. The predicted octanol–water partition coefficient (Wildman–Crippen LogP) is 3.42. The molecule has 0 aromatic carbocycles. The number of piperidine rings is 1. The second kappa shape index (κ2) is 6.58. The summed E-state index contributed by atoms with van der Waals surface area (Å²) in [6.45, 7) is 6.64. The smallest absolute Gasteiger partial charge is 0.00218 e. The van der Waals surface area contributed by atoms with E-state index in [0.29, 0.717) is 0 Å². The van der Waals surface area contributed by atoms with Gasteiger partial charge in [0, 0.05) is 6.54 Å². The molecule has 19 heavy (non-hydrogen) atoms. The van der Waals surface area contributed by atoms with Crippen molar-refractivity contribution in [2.75, 3.05) is 32.7 Å². The van der Waals surface area contributed by atoms with Crippen LogP contribution in [-0.2, 0) is 0 Å². The van der Waals surface area contributed by atoms with E-state index in [1.54, 1.807) is 0 Å². The van der Waals surface area contributed by atoms with E-state index in [-0.39, 0.29) is 0 Å². The van der Waals surface area contributed by atoms with E-state index in [1.165, 1.54) is 96.9 Å². The van der Waals surface area contributed by atoms with E-state index in [4.69, 9.17) is 0 Å². The van der Waals surface area contributed by atoms with Gasteiger partial charge in [0.15, 0.2) is 0 Å². The maximum absolute atomic E-state index is 3.57. The molecule has 0 bridgehead atoms. The van der Waals surface area contributed by atoms with Gasteiger partial charge in [-0.15, -0.1) is 0 Å². The Hall–Kier alpha value is -0.0800. The van der Waals surface area contributed by atoms with Crippen LogP contribution in [0.15, 0.2) is 0 Å². The van der Waals surface area contributed by atoms with E-state index in [2.05, 4.69) is 10.2 Å². The molecule has 110 valence electrons. The highest BCUT2D eigenvalue weighted by molar-refractivity contribution is 4.87. The molecule has 2 heteroatoms. The summed E-state index contributed by atoms with van der Waals surface area (Å²) in [5, 5.41) is 3.57. The van der Waals surface area contributed by atoms with Gasteiger partial charge in [-0.05, 0) is 82.5 Å². The van der Waals surface area contributed by atoms with Gasteiger partial charge in [0.2, 0.25) is 0 Å². The largest absolute Gasteiger partial charge is 0.316 e. The lowest BCUT2D eigenvalue weighted by Gasteiger charge is -2.37. The Labute approximate surface area is 119 Å².